The molecule has 0 atom stereocenters. The number of hydrogen-bond acceptors (Lipinski definition) is 7. The number of rotatable bonds is 8. The van der Waals surface area contributed by atoms with E-state index in [0.717, 1.165) is 29.1 Å². The van der Waals surface area contributed by atoms with Crippen molar-refractivity contribution in [3.8, 4) is 0 Å². The first-order valence-corrected chi connectivity index (χ1v) is 12.7. The lowest BCUT2D eigenvalue weighted by Crippen LogP contribution is -2.38. The number of amides is 2. The number of carbonyl (C=O) groups is 2. The average molecular weight is 520 g/mol. The third-order valence-corrected chi connectivity index (χ3v) is 7.27. The van der Waals surface area contributed by atoms with Crippen molar-refractivity contribution in [3.05, 3.63) is 81.5 Å². The third kappa shape index (κ3) is 6.86. The molecule has 2 aromatic carbocycles. The second kappa shape index (κ2) is 12.4. The van der Waals surface area contributed by atoms with Crippen LogP contribution in [0, 0.1) is 13.5 Å². The van der Waals surface area contributed by atoms with Crippen molar-refractivity contribution in [2.45, 2.75) is 13.3 Å². The molecule has 1 aliphatic heterocycles. The summed E-state index contributed by atoms with van der Waals surface area (Å²) in [5.74, 6) is -0.245. The van der Waals surface area contributed by atoms with Gasteiger partial charge < -0.3 is 20.5 Å². The summed E-state index contributed by atoms with van der Waals surface area (Å²) in [4.78, 5) is 31.7. The van der Waals surface area contributed by atoms with E-state index in [9.17, 15) is 9.59 Å². The molecule has 0 radical (unpaired) electrons. The zero-order chi connectivity index (χ0) is 26.2. The van der Waals surface area contributed by atoms with E-state index in [-0.39, 0.29) is 12.5 Å². The van der Waals surface area contributed by atoms with Crippen molar-refractivity contribution in [1.29, 1.82) is 0 Å². The van der Waals surface area contributed by atoms with Gasteiger partial charge in [-0.25, -0.2) is 9.64 Å². The first-order chi connectivity index (χ1) is 17.9. The number of nitrogen functional groups attached to an aromatic ring is 1. The topological polar surface area (TPSA) is 110 Å². The number of ether oxygens (including phenoxy) is 2. The highest BCUT2D eigenvalue weighted by Crippen LogP contribution is 2.41. The van der Waals surface area contributed by atoms with Crippen LogP contribution in [-0.4, -0.2) is 56.4 Å². The van der Waals surface area contributed by atoms with E-state index >= 15 is 0 Å². The lowest BCUT2D eigenvalue weighted by atomic mass is 10.1. The molecule has 1 aliphatic rings. The normalized spacial score (nSPS) is 13.5. The van der Waals surface area contributed by atoms with Crippen molar-refractivity contribution in [3.63, 3.8) is 0 Å². The van der Waals surface area contributed by atoms with Crippen molar-refractivity contribution in [2.24, 2.45) is 0 Å². The summed E-state index contributed by atoms with van der Waals surface area (Å²) >= 11 is 1.36. The Hall–Kier alpha value is -3.91. The van der Waals surface area contributed by atoms with Gasteiger partial charge in [-0.1, -0.05) is 24.3 Å². The van der Waals surface area contributed by atoms with Crippen molar-refractivity contribution >= 4 is 45.4 Å². The van der Waals surface area contributed by atoms with Crippen molar-refractivity contribution in [1.82, 2.24) is 4.90 Å². The molecule has 2 heterocycles. The molecule has 37 heavy (non-hydrogen) atoms. The predicted octanol–water partition coefficient (Wildman–Crippen LogP) is 4.91. The molecule has 2 amide bonds. The lowest BCUT2D eigenvalue weighted by Gasteiger charge is -2.26. The molecule has 4 rings (SSSR count). The Balaban J connectivity index is 1.35. The summed E-state index contributed by atoms with van der Waals surface area (Å²) in [6.45, 7) is 13.4. The number of morpholine rings is 1. The van der Waals surface area contributed by atoms with Crippen molar-refractivity contribution < 1.29 is 19.1 Å². The fourth-order valence-corrected chi connectivity index (χ4v) is 5.09. The summed E-state index contributed by atoms with van der Waals surface area (Å²) in [5, 5.41) is 6.04. The largest absolute Gasteiger partial charge is 0.448 e. The average Bonchev–Trinajstić information content (AvgIpc) is 3.19. The summed E-state index contributed by atoms with van der Waals surface area (Å²) in [7, 11) is 0. The molecule has 10 heteroatoms. The number of carbonyl (C=O) groups excluding carboxylic acids is 2. The monoisotopic (exact) mass is 519 g/mol. The maximum atomic E-state index is 12.6. The second-order valence-corrected chi connectivity index (χ2v) is 9.67. The maximum Gasteiger partial charge on any atom is 0.411 e. The highest BCUT2D eigenvalue weighted by atomic mass is 32.1. The van der Waals surface area contributed by atoms with Gasteiger partial charge in [0, 0.05) is 36.5 Å². The van der Waals surface area contributed by atoms with Crippen LogP contribution in [0.1, 0.15) is 26.4 Å². The minimum atomic E-state index is -0.569. The number of nitrogens with zero attached hydrogens (tertiary/aromatic N) is 2. The van der Waals surface area contributed by atoms with Crippen molar-refractivity contribution in [2.75, 3.05) is 55.8 Å². The first-order valence-electron chi connectivity index (χ1n) is 11.9. The number of nitrogens with one attached hydrogen (secondary N) is 2. The fourth-order valence-electron chi connectivity index (χ4n) is 3.92. The van der Waals surface area contributed by atoms with Crippen LogP contribution in [0.4, 0.5) is 26.9 Å². The van der Waals surface area contributed by atoms with Gasteiger partial charge in [0.15, 0.2) is 0 Å². The van der Waals surface area contributed by atoms with Gasteiger partial charge in [-0.05, 0) is 42.3 Å². The van der Waals surface area contributed by atoms with Gasteiger partial charge in [-0.15, -0.1) is 11.3 Å². The second-order valence-electron chi connectivity index (χ2n) is 8.57. The molecule has 0 bridgehead atoms. The van der Waals surface area contributed by atoms with Gasteiger partial charge in [0.1, 0.15) is 11.6 Å². The highest BCUT2D eigenvalue weighted by Gasteiger charge is 2.19. The molecular formula is C27H29N5O4S. The Bertz CT molecular complexity index is 1290. The highest BCUT2D eigenvalue weighted by molar-refractivity contribution is 7.17. The zero-order valence-electron chi connectivity index (χ0n) is 20.6. The molecule has 192 valence electrons. The molecule has 0 spiro atoms. The van der Waals surface area contributed by atoms with Crippen LogP contribution < -0.4 is 16.4 Å². The summed E-state index contributed by atoms with van der Waals surface area (Å²) in [6.07, 6.45) is 0.000658. The minimum absolute atomic E-state index is 0.245. The van der Waals surface area contributed by atoms with Crippen LogP contribution in [-0.2, 0) is 15.9 Å². The molecular weight excluding hydrogens is 490 g/mol. The van der Waals surface area contributed by atoms with Crippen LogP contribution in [0.5, 0.6) is 0 Å². The quantitative estimate of drug-likeness (QED) is 0.288. The maximum absolute atomic E-state index is 12.6. The van der Waals surface area contributed by atoms with E-state index in [2.05, 4.69) is 20.4 Å². The first kappa shape index (κ1) is 26.2. The molecule has 4 N–H and O–H groups in total. The number of para-hydroxylation sites is 2. The number of thiophene rings is 1. The third-order valence-electron chi connectivity index (χ3n) is 6.08. The van der Waals surface area contributed by atoms with Gasteiger partial charge in [0.05, 0.1) is 31.2 Å². The summed E-state index contributed by atoms with van der Waals surface area (Å²) in [6, 6.07) is 14.4. The molecule has 9 nitrogen and oxygen atoms in total. The van der Waals surface area contributed by atoms with Crippen LogP contribution in [0.25, 0.3) is 4.85 Å². The lowest BCUT2D eigenvalue weighted by molar-refractivity contribution is 0.0290. The van der Waals surface area contributed by atoms with E-state index < -0.39 is 6.09 Å². The fraction of sp³-hybridized carbons (Fsp3) is 0.296. The van der Waals surface area contributed by atoms with Crippen LogP contribution >= 0.6 is 11.3 Å². The van der Waals surface area contributed by atoms with Gasteiger partial charge in [-0.2, -0.15) is 0 Å². The summed E-state index contributed by atoms with van der Waals surface area (Å²) < 4.78 is 10.6. The van der Waals surface area contributed by atoms with Gasteiger partial charge in [0.25, 0.3) is 5.91 Å². The standard InChI is InChI=1S/C27H29N5O4S/c1-18-23(17-19-7-9-20(10-8-19)25(33)30-22-6-4-3-5-21(22)28)37-26(24(18)29-2)31-27(34)36-16-13-32-11-14-35-15-12-32/h3-10H,11-17,28H2,1H3,(H,30,33)(H,31,34). The molecule has 0 unspecified atom stereocenters. The Morgan fingerprint density at radius 1 is 1.14 bits per heavy atom. The Kier molecular flexibility index (Phi) is 8.74. The van der Waals surface area contributed by atoms with E-state index in [1.165, 1.54) is 11.3 Å². The van der Waals surface area contributed by atoms with E-state index in [1.807, 2.05) is 31.2 Å². The smallest absolute Gasteiger partial charge is 0.411 e. The van der Waals surface area contributed by atoms with E-state index in [0.29, 0.717) is 53.8 Å². The van der Waals surface area contributed by atoms with E-state index in [4.69, 9.17) is 21.8 Å². The Morgan fingerprint density at radius 2 is 1.86 bits per heavy atom. The Labute approximate surface area is 220 Å². The number of anilines is 3. The Morgan fingerprint density at radius 3 is 2.57 bits per heavy atom. The predicted molar refractivity (Wildman–Crippen MR) is 146 cm³/mol. The van der Waals surface area contributed by atoms with Gasteiger partial charge >= 0.3 is 6.09 Å². The molecule has 1 saturated heterocycles. The minimum Gasteiger partial charge on any atom is -0.448 e. The van der Waals surface area contributed by atoms with Gasteiger partial charge in [0.2, 0.25) is 5.69 Å². The van der Waals surface area contributed by atoms with Crippen LogP contribution in [0.15, 0.2) is 48.5 Å². The number of benzene rings is 2. The van der Waals surface area contributed by atoms with E-state index in [1.54, 1.807) is 24.3 Å². The number of hydrogen-bond donors (Lipinski definition) is 3. The molecule has 1 fully saturated rings. The number of nitrogens with two attached hydrogens (primary N) is 1. The summed E-state index contributed by atoms with van der Waals surface area (Å²) in [5.41, 5.74) is 9.71. The zero-order valence-corrected chi connectivity index (χ0v) is 21.4. The molecule has 3 aromatic rings. The van der Waals surface area contributed by atoms with Crippen LogP contribution in [0.3, 0.4) is 0 Å². The van der Waals surface area contributed by atoms with Gasteiger partial charge in [-0.3, -0.25) is 15.0 Å². The molecule has 0 aliphatic carbocycles. The van der Waals surface area contributed by atoms with Crippen LogP contribution in [0.2, 0.25) is 0 Å². The molecule has 1 aromatic heterocycles. The SMILES string of the molecule is [C-]#[N+]c1c(NC(=O)OCCN2CCOCC2)sc(Cc2ccc(C(=O)Nc3ccccc3N)cc2)c1C. The molecule has 0 saturated carbocycles.